The minimum Gasteiger partial charge on any atom is -0.494 e. The second-order valence-corrected chi connectivity index (χ2v) is 8.95. The van der Waals surface area contributed by atoms with Crippen molar-refractivity contribution in [2.75, 3.05) is 32.8 Å². The van der Waals surface area contributed by atoms with Crippen LogP contribution in [0.5, 0.6) is 5.75 Å². The van der Waals surface area contributed by atoms with Gasteiger partial charge in [-0.1, -0.05) is 12.1 Å². The predicted molar refractivity (Wildman–Crippen MR) is 109 cm³/mol. The third kappa shape index (κ3) is 4.24. The van der Waals surface area contributed by atoms with E-state index in [9.17, 15) is 8.42 Å². The summed E-state index contributed by atoms with van der Waals surface area (Å²) in [6.45, 7) is 12.1. The number of rotatable bonds is 7. The number of hydrogen-bond donors (Lipinski definition) is 0. The Bertz CT molecular complexity index is 898. The van der Waals surface area contributed by atoms with Gasteiger partial charge >= 0.3 is 0 Å². The normalized spacial score (nSPS) is 16.4. The molecule has 2 heterocycles. The van der Waals surface area contributed by atoms with Crippen LogP contribution in [0.1, 0.15) is 30.8 Å². The molecule has 1 saturated heterocycles. The molecule has 0 spiro atoms. The van der Waals surface area contributed by atoms with E-state index >= 15 is 0 Å². The number of aryl methyl sites for hydroxylation is 2. The molecule has 154 valence electrons. The Labute approximate surface area is 167 Å². The number of aromatic nitrogens is 2. The summed E-state index contributed by atoms with van der Waals surface area (Å²) in [5.41, 5.74) is 2.50. The van der Waals surface area contributed by atoms with Crippen molar-refractivity contribution >= 4 is 10.0 Å². The van der Waals surface area contributed by atoms with E-state index in [2.05, 4.69) is 22.1 Å². The van der Waals surface area contributed by atoms with E-state index in [1.165, 1.54) is 5.56 Å². The highest BCUT2D eigenvalue weighted by Gasteiger charge is 2.33. The van der Waals surface area contributed by atoms with E-state index in [0.29, 0.717) is 49.9 Å². The first-order valence-electron chi connectivity index (χ1n) is 9.85. The van der Waals surface area contributed by atoms with Gasteiger partial charge in [0.1, 0.15) is 10.6 Å². The molecule has 0 aliphatic carbocycles. The fraction of sp³-hybridized carbons (Fsp3) is 0.550. The number of nitrogens with zero attached hydrogens (tertiary/aromatic N) is 4. The molecular weight excluding hydrogens is 376 g/mol. The van der Waals surface area contributed by atoms with Gasteiger partial charge in [-0.15, -0.1) is 0 Å². The van der Waals surface area contributed by atoms with E-state index in [1.807, 2.05) is 32.9 Å². The zero-order chi connectivity index (χ0) is 20.3. The summed E-state index contributed by atoms with van der Waals surface area (Å²) in [6.07, 6.45) is 0. The number of benzene rings is 1. The van der Waals surface area contributed by atoms with Gasteiger partial charge in [0.15, 0.2) is 0 Å². The molecule has 0 N–H and O–H groups in total. The van der Waals surface area contributed by atoms with E-state index in [0.717, 1.165) is 18.0 Å². The maximum absolute atomic E-state index is 13.2. The first kappa shape index (κ1) is 20.8. The topological polar surface area (TPSA) is 67.7 Å². The van der Waals surface area contributed by atoms with Crippen LogP contribution < -0.4 is 4.74 Å². The van der Waals surface area contributed by atoms with Gasteiger partial charge in [0.2, 0.25) is 10.0 Å². The third-order valence-corrected chi connectivity index (χ3v) is 7.34. The van der Waals surface area contributed by atoms with Gasteiger partial charge in [-0.3, -0.25) is 9.58 Å². The van der Waals surface area contributed by atoms with Crippen LogP contribution in [0, 0.1) is 13.8 Å². The highest BCUT2D eigenvalue weighted by molar-refractivity contribution is 7.89. The molecule has 0 unspecified atom stereocenters. The highest BCUT2D eigenvalue weighted by Crippen LogP contribution is 2.25. The fourth-order valence-electron chi connectivity index (χ4n) is 3.73. The third-order valence-electron chi connectivity index (χ3n) is 5.18. The molecule has 1 aliphatic rings. The first-order valence-corrected chi connectivity index (χ1v) is 11.3. The molecular formula is C20H30N4O3S. The lowest BCUT2D eigenvalue weighted by Crippen LogP contribution is -2.48. The molecule has 3 rings (SSSR count). The van der Waals surface area contributed by atoms with Crippen molar-refractivity contribution < 1.29 is 13.2 Å². The van der Waals surface area contributed by atoms with Gasteiger partial charge in [-0.2, -0.15) is 9.40 Å². The molecule has 0 radical (unpaired) electrons. The fourth-order valence-corrected chi connectivity index (χ4v) is 5.53. The lowest BCUT2D eigenvalue weighted by Gasteiger charge is -2.34. The predicted octanol–water partition coefficient (Wildman–Crippen LogP) is 2.43. The van der Waals surface area contributed by atoms with Gasteiger partial charge in [0.05, 0.1) is 18.0 Å². The van der Waals surface area contributed by atoms with E-state index in [4.69, 9.17) is 4.74 Å². The molecule has 1 aliphatic heterocycles. The Balaban J connectivity index is 1.64. The molecule has 0 saturated carbocycles. The van der Waals surface area contributed by atoms with Crippen LogP contribution in [-0.4, -0.2) is 60.2 Å². The summed E-state index contributed by atoms with van der Waals surface area (Å²) in [7, 11) is -3.51. The van der Waals surface area contributed by atoms with E-state index in [-0.39, 0.29) is 0 Å². The first-order chi connectivity index (χ1) is 13.4. The van der Waals surface area contributed by atoms with Crippen LogP contribution in [0.3, 0.4) is 0 Å². The molecule has 1 aromatic carbocycles. The molecule has 1 fully saturated rings. The maximum Gasteiger partial charge on any atom is 0.246 e. The second-order valence-electron chi connectivity index (χ2n) is 7.07. The van der Waals surface area contributed by atoms with Crippen LogP contribution in [0.2, 0.25) is 0 Å². The molecule has 2 aromatic rings. The quantitative estimate of drug-likeness (QED) is 0.706. The van der Waals surface area contributed by atoms with E-state index < -0.39 is 10.0 Å². The zero-order valence-corrected chi connectivity index (χ0v) is 18.0. The minimum absolute atomic E-state index is 0.370. The summed E-state index contributed by atoms with van der Waals surface area (Å²) in [5.74, 6) is 0.875. The Morgan fingerprint density at radius 3 is 2.21 bits per heavy atom. The van der Waals surface area contributed by atoms with Crippen molar-refractivity contribution in [1.29, 1.82) is 0 Å². The summed E-state index contributed by atoms with van der Waals surface area (Å²) >= 11 is 0. The van der Waals surface area contributed by atoms with Crippen LogP contribution >= 0.6 is 0 Å². The summed E-state index contributed by atoms with van der Waals surface area (Å²) in [6, 6.07) is 8.10. The Kier molecular flexibility index (Phi) is 6.42. The monoisotopic (exact) mass is 406 g/mol. The average molecular weight is 407 g/mol. The molecule has 1 aromatic heterocycles. The summed E-state index contributed by atoms with van der Waals surface area (Å²) < 4.78 is 35.2. The van der Waals surface area contributed by atoms with Crippen molar-refractivity contribution in [2.45, 2.75) is 45.7 Å². The van der Waals surface area contributed by atoms with Crippen LogP contribution in [0.15, 0.2) is 29.2 Å². The van der Waals surface area contributed by atoms with Crippen molar-refractivity contribution in [3.05, 3.63) is 41.2 Å². The standard InChI is InChI=1S/C20H30N4O3S/c1-5-24-17(4)20(16(3)21-24)28(25,26)23-13-11-22(12-14-23)15-18-7-9-19(10-8-18)27-6-2/h7-10H,5-6,11-15H2,1-4H3. The van der Waals surface area contributed by atoms with Gasteiger partial charge in [0.25, 0.3) is 0 Å². The molecule has 28 heavy (non-hydrogen) atoms. The number of piperazine rings is 1. The van der Waals surface area contributed by atoms with Gasteiger partial charge in [-0.25, -0.2) is 8.42 Å². The molecule has 0 bridgehead atoms. The zero-order valence-electron chi connectivity index (χ0n) is 17.2. The van der Waals surface area contributed by atoms with E-state index in [1.54, 1.807) is 15.9 Å². The number of sulfonamides is 1. The largest absolute Gasteiger partial charge is 0.494 e. The Morgan fingerprint density at radius 1 is 1.04 bits per heavy atom. The van der Waals surface area contributed by atoms with Gasteiger partial charge < -0.3 is 4.74 Å². The maximum atomic E-state index is 13.2. The van der Waals surface area contributed by atoms with Crippen molar-refractivity contribution in [3.63, 3.8) is 0 Å². The molecule has 8 heteroatoms. The number of hydrogen-bond acceptors (Lipinski definition) is 5. The lowest BCUT2D eigenvalue weighted by molar-refractivity contribution is 0.181. The summed E-state index contributed by atoms with van der Waals surface area (Å²) in [4.78, 5) is 2.66. The van der Waals surface area contributed by atoms with Gasteiger partial charge in [0, 0.05) is 39.3 Å². The van der Waals surface area contributed by atoms with Crippen molar-refractivity contribution in [3.8, 4) is 5.75 Å². The Hall–Kier alpha value is -1.90. The Morgan fingerprint density at radius 2 is 1.68 bits per heavy atom. The molecule has 0 atom stereocenters. The molecule has 0 amide bonds. The average Bonchev–Trinajstić information content (AvgIpc) is 2.98. The summed E-state index contributed by atoms with van der Waals surface area (Å²) in [5, 5.41) is 4.37. The highest BCUT2D eigenvalue weighted by atomic mass is 32.2. The van der Waals surface area contributed by atoms with Crippen LogP contribution in [0.4, 0.5) is 0 Å². The van der Waals surface area contributed by atoms with Crippen LogP contribution in [-0.2, 0) is 23.1 Å². The lowest BCUT2D eigenvalue weighted by atomic mass is 10.2. The molecule has 7 nitrogen and oxygen atoms in total. The smallest absolute Gasteiger partial charge is 0.246 e. The SMILES string of the molecule is CCOc1ccc(CN2CCN(S(=O)(=O)c3c(C)nn(CC)c3C)CC2)cc1. The van der Waals surface area contributed by atoms with Crippen molar-refractivity contribution in [2.24, 2.45) is 0 Å². The minimum atomic E-state index is -3.51. The van der Waals surface area contributed by atoms with Crippen molar-refractivity contribution in [1.82, 2.24) is 19.0 Å². The van der Waals surface area contributed by atoms with Gasteiger partial charge in [-0.05, 0) is 45.4 Å². The number of ether oxygens (including phenoxy) is 1. The second kappa shape index (κ2) is 8.63. The van der Waals surface area contributed by atoms with Crippen LogP contribution in [0.25, 0.3) is 0 Å².